The molecule has 1 aliphatic rings. The summed E-state index contributed by atoms with van der Waals surface area (Å²) >= 11 is 4.10. The van der Waals surface area contributed by atoms with Crippen molar-refractivity contribution in [3.63, 3.8) is 0 Å². The molecule has 2 aromatic heterocycles. The van der Waals surface area contributed by atoms with E-state index >= 15 is 0 Å². The third-order valence-electron chi connectivity index (χ3n) is 6.13. The van der Waals surface area contributed by atoms with Crippen LogP contribution >= 0.6 is 12.6 Å². The van der Waals surface area contributed by atoms with Crippen molar-refractivity contribution in [1.29, 1.82) is 0 Å². The Morgan fingerprint density at radius 3 is 2.28 bits per heavy atom. The molecule has 5 nitrogen and oxygen atoms in total. The number of fused-ring (bicyclic) bond motifs is 1. The molecule has 208 valence electrons. The summed E-state index contributed by atoms with van der Waals surface area (Å²) in [4.78, 5) is 8.14. The van der Waals surface area contributed by atoms with E-state index in [-0.39, 0.29) is 30.0 Å². The second-order valence-corrected chi connectivity index (χ2v) is 10.6. The highest BCUT2D eigenvalue weighted by Gasteiger charge is 2.23. The monoisotopic (exact) mass is 559 g/mol. The fourth-order valence-electron chi connectivity index (χ4n) is 4.29. The summed E-state index contributed by atoms with van der Waals surface area (Å²) in [5, 5.41) is 3.98. The van der Waals surface area contributed by atoms with Gasteiger partial charge in [0.1, 0.15) is 11.5 Å². The molecule has 0 aliphatic heterocycles. The smallest absolute Gasteiger partial charge is 0.238 e. The van der Waals surface area contributed by atoms with Gasteiger partial charge in [0.05, 0.1) is 33.1 Å². The molecule has 12 heteroatoms. The maximum Gasteiger partial charge on any atom is 0.238 e. The molecule has 2 heterocycles. The highest BCUT2D eigenvalue weighted by Crippen LogP contribution is 2.36. The normalized spacial score (nSPS) is 14.3. The molecule has 1 aromatic carbocycles. The molecule has 0 atom stereocenters. The summed E-state index contributed by atoms with van der Waals surface area (Å²) in [6.07, 6.45) is 7.91. The van der Waals surface area contributed by atoms with Gasteiger partial charge < -0.3 is 5.73 Å². The molecule has 1 saturated carbocycles. The number of thiol groups is 1. The molecule has 1 aliphatic carbocycles. The highest BCUT2D eigenvalue weighted by atomic mass is 32.1. The number of rotatable bonds is 5. The van der Waals surface area contributed by atoms with Crippen LogP contribution in [0, 0.1) is 24.5 Å². The van der Waals surface area contributed by atoms with Crippen molar-refractivity contribution in [2.24, 2.45) is 10.9 Å². The van der Waals surface area contributed by atoms with Crippen molar-refractivity contribution in [2.75, 3.05) is 5.73 Å². The summed E-state index contributed by atoms with van der Waals surface area (Å²) < 4.78 is 50.7. The molecule has 3 aromatic rings. The Labute approximate surface area is 236 Å². The minimum absolute atomic E-state index is 0.0114. The van der Waals surface area contributed by atoms with Gasteiger partial charge in [0.2, 0.25) is 12.4 Å². The molecular formula is C27H35B2F4N5S. The molecule has 0 bridgehead atoms. The largest absolute Gasteiger partial charge is 0.367 e. The second-order valence-electron chi connectivity index (χ2n) is 9.78. The first-order valence-electron chi connectivity index (χ1n) is 13.0. The fourth-order valence-corrected chi connectivity index (χ4v) is 4.44. The number of nitrogens with zero attached hydrogens (tertiary/aromatic N) is 4. The van der Waals surface area contributed by atoms with E-state index in [9.17, 15) is 17.6 Å². The van der Waals surface area contributed by atoms with E-state index in [4.69, 9.17) is 21.4 Å². The molecule has 4 radical (unpaired) electrons. The van der Waals surface area contributed by atoms with Crippen molar-refractivity contribution in [3.8, 4) is 11.1 Å². The SMILES string of the molecule is CC1CCCCC1.CCC(F)F.[B]C([B])(S)Cc1nc(N)nn2cc(F)c(-c3cc(C)c(N=CC)c(F)c3)c12. The fraction of sp³-hybridized carbons (Fsp3) is 0.519. The first-order chi connectivity index (χ1) is 18.3. The lowest BCUT2D eigenvalue weighted by Gasteiger charge is -2.18. The molecule has 1 fully saturated rings. The van der Waals surface area contributed by atoms with Crippen LogP contribution in [0.5, 0.6) is 0 Å². The van der Waals surface area contributed by atoms with Crippen LogP contribution in [0.3, 0.4) is 0 Å². The van der Waals surface area contributed by atoms with Crippen LogP contribution in [0.2, 0.25) is 0 Å². The van der Waals surface area contributed by atoms with Crippen LogP contribution in [0.1, 0.15) is 70.6 Å². The van der Waals surface area contributed by atoms with Crippen molar-refractivity contribution in [3.05, 3.63) is 41.2 Å². The first kappa shape index (κ1) is 32.7. The Hall–Kier alpha value is -2.49. The molecule has 2 N–H and O–H groups in total. The van der Waals surface area contributed by atoms with Crippen LogP contribution in [0.25, 0.3) is 16.6 Å². The lowest BCUT2D eigenvalue weighted by molar-refractivity contribution is 0.144. The molecule has 0 spiro atoms. The lowest BCUT2D eigenvalue weighted by Crippen LogP contribution is -2.26. The number of benzene rings is 1. The Morgan fingerprint density at radius 2 is 1.82 bits per heavy atom. The number of nitrogens with two attached hydrogens (primary N) is 1. The maximum atomic E-state index is 14.8. The molecule has 0 amide bonds. The average Bonchev–Trinajstić information content (AvgIpc) is 3.17. The summed E-state index contributed by atoms with van der Waals surface area (Å²) in [6, 6.07) is 2.86. The van der Waals surface area contributed by atoms with E-state index in [2.05, 4.69) is 34.6 Å². The number of aliphatic imine (C=N–C) groups is 1. The third kappa shape index (κ3) is 9.89. The number of hydrogen-bond donors (Lipinski definition) is 2. The first-order valence-corrected chi connectivity index (χ1v) is 13.4. The average molecular weight is 559 g/mol. The number of aromatic nitrogens is 3. The second kappa shape index (κ2) is 14.8. The van der Waals surface area contributed by atoms with E-state index < -0.39 is 22.6 Å². The minimum Gasteiger partial charge on any atom is -0.367 e. The van der Waals surface area contributed by atoms with Gasteiger partial charge in [-0.15, -0.1) is 5.10 Å². The summed E-state index contributed by atoms with van der Waals surface area (Å²) in [6.45, 7) is 7.19. The number of nitrogen functional groups attached to an aromatic ring is 1. The zero-order valence-corrected chi connectivity index (χ0v) is 23.8. The van der Waals surface area contributed by atoms with Gasteiger partial charge in [0, 0.05) is 18.2 Å². The van der Waals surface area contributed by atoms with Gasteiger partial charge in [-0.3, -0.25) is 4.99 Å². The van der Waals surface area contributed by atoms with Gasteiger partial charge in [-0.2, -0.15) is 12.6 Å². The van der Waals surface area contributed by atoms with Crippen molar-refractivity contribution in [2.45, 2.75) is 83.6 Å². The Kier molecular flexibility index (Phi) is 12.4. The van der Waals surface area contributed by atoms with Crippen molar-refractivity contribution < 1.29 is 17.6 Å². The van der Waals surface area contributed by atoms with E-state index in [1.807, 2.05) is 0 Å². The van der Waals surface area contributed by atoms with Gasteiger partial charge in [0.25, 0.3) is 0 Å². The maximum absolute atomic E-state index is 14.8. The summed E-state index contributed by atoms with van der Waals surface area (Å²) in [7, 11) is 11.5. The van der Waals surface area contributed by atoms with E-state index in [1.54, 1.807) is 19.9 Å². The van der Waals surface area contributed by atoms with Crippen LogP contribution in [0.15, 0.2) is 23.3 Å². The van der Waals surface area contributed by atoms with Gasteiger partial charge in [-0.05, 0) is 49.4 Å². The van der Waals surface area contributed by atoms with E-state index in [1.165, 1.54) is 55.8 Å². The van der Waals surface area contributed by atoms with Crippen LogP contribution < -0.4 is 5.73 Å². The Bertz CT molecular complexity index is 1230. The minimum atomic E-state index is -2.12. The van der Waals surface area contributed by atoms with E-state index in [0.29, 0.717) is 22.3 Å². The van der Waals surface area contributed by atoms with Gasteiger partial charge >= 0.3 is 0 Å². The molecule has 39 heavy (non-hydrogen) atoms. The number of alkyl halides is 2. The lowest BCUT2D eigenvalue weighted by atomic mass is 9.67. The van der Waals surface area contributed by atoms with Gasteiger partial charge in [-0.1, -0.05) is 50.5 Å². The zero-order chi connectivity index (χ0) is 29.3. The van der Waals surface area contributed by atoms with Crippen LogP contribution in [0.4, 0.5) is 29.2 Å². The van der Waals surface area contributed by atoms with Crippen LogP contribution in [-0.4, -0.2) is 47.5 Å². The zero-order valence-electron chi connectivity index (χ0n) is 22.9. The van der Waals surface area contributed by atoms with E-state index in [0.717, 1.165) is 12.1 Å². The number of anilines is 1. The molecule has 4 rings (SSSR count). The standard InChI is InChI=1S/C17H15B2F2N5S.C7H14.C3H6F2/c1-3-23-14-8(2)4-9(5-10(14)20)13-11(21)7-26-15(13)12(6-17(18,19)27)24-16(22)25-26;1-7-5-3-2-4-6-7;1-2-3(4)5/h3-5,7,27H,6H2,1-2H3,(H2,22,25);7H,2-6H2,1H3;3H,2H2,1H3. The van der Waals surface area contributed by atoms with Crippen molar-refractivity contribution in [1.82, 2.24) is 14.6 Å². The Balaban J connectivity index is 0.000000367. The molecular weight excluding hydrogens is 524 g/mol. The van der Waals surface area contributed by atoms with Crippen LogP contribution in [-0.2, 0) is 6.42 Å². The number of hydrogen-bond acceptors (Lipinski definition) is 5. The van der Waals surface area contributed by atoms with Gasteiger partial charge in [-0.25, -0.2) is 27.1 Å². The summed E-state index contributed by atoms with van der Waals surface area (Å²) in [5.74, 6) is -0.221. The third-order valence-corrected chi connectivity index (χ3v) is 6.29. The quantitative estimate of drug-likeness (QED) is 0.153. The highest BCUT2D eigenvalue weighted by molar-refractivity contribution is 7.84. The molecule has 0 saturated heterocycles. The summed E-state index contributed by atoms with van der Waals surface area (Å²) in [5.41, 5.74) is 7.48. The topological polar surface area (TPSA) is 68.6 Å². The molecule has 0 unspecified atom stereocenters. The van der Waals surface area contributed by atoms with Crippen molar-refractivity contribution >= 4 is 51.7 Å². The predicted octanol–water partition coefficient (Wildman–Crippen LogP) is 7.00. The predicted molar refractivity (Wildman–Crippen MR) is 157 cm³/mol. The van der Waals surface area contributed by atoms with Gasteiger partial charge in [0.15, 0.2) is 5.82 Å². The number of halogens is 4. The Morgan fingerprint density at radius 1 is 1.21 bits per heavy atom. The number of aryl methyl sites for hydroxylation is 1.